The summed E-state index contributed by atoms with van der Waals surface area (Å²) >= 11 is 0. The first-order valence-corrected chi connectivity index (χ1v) is 5.24. The van der Waals surface area contributed by atoms with Gasteiger partial charge in [-0.05, 0) is 24.3 Å². The van der Waals surface area contributed by atoms with Crippen LogP contribution in [0.2, 0.25) is 0 Å². The molecule has 0 aromatic rings. The van der Waals surface area contributed by atoms with E-state index in [1.807, 2.05) is 0 Å². The van der Waals surface area contributed by atoms with Gasteiger partial charge in [-0.2, -0.15) is 0 Å². The summed E-state index contributed by atoms with van der Waals surface area (Å²) in [5, 5.41) is 1.58. The van der Waals surface area contributed by atoms with Crippen LogP contribution in [0.1, 0.15) is 26.2 Å². The van der Waals surface area contributed by atoms with E-state index in [2.05, 4.69) is 25.2 Å². The molecule has 0 amide bonds. The Morgan fingerprint density at radius 1 is 1.60 bits per heavy atom. The van der Waals surface area contributed by atoms with E-state index < -0.39 is 0 Å². The first-order valence-electron chi connectivity index (χ1n) is 4.04. The van der Waals surface area contributed by atoms with Gasteiger partial charge in [0, 0.05) is 0 Å². The second kappa shape index (κ2) is 4.68. The maximum Gasteiger partial charge on any atom is -0.0157 e. The molecule has 0 spiro atoms. The lowest BCUT2D eigenvalue weighted by Gasteiger charge is -1.97. The average molecular weight is 154 g/mol. The van der Waals surface area contributed by atoms with Gasteiger partial charge in [-0.3, -0.25) is 0 Å². The van der Waals surface area contributed by atoms with Crippen molar-refractivity contribution >= 4 is 8.58 Å². The highest BCUT2D eigenvalue weighted by atomic mass is 31.1. The summed E-state index contributed by atoms with van der Waals surface area (Å²) < 4.78 is 0. The average Bonchev–Trinajstić information content (AvgIpc) is 2.41. The smallest absolute Gasteiger partial charge is 0.0157 e. The van der Waals surface area contributed by atoms with Crippen molar-refractivity contribution in [1.29, 1.82) is 0 Å². The molecule has 0 N–H and O–H groups in total. The molecule has 1 unspecified atom stereocenters. The third-order valence-corrected chi connectivity index (χ3v) is 3.01. The number of hydrogen-bond donors (Lipinski definition) is 0. The van der Waals surface area contributed by atoms with Crippen molar-refractivity contribution in [2.45, 2.75) is 26.2 Å². The summed E-state index contributed by atoms with van der Waals surface area (Å²) in [4.78, 5) is 0. The van der Waals surface area contributed by atoms with Crippen molar-refractivity contribution in [1.82, 2.24) is 0 Å². The second-order valence-corrected chi connectivity index (χ2v) is 4.01. The molecule has 1 atom stereocenters. The van der Waals surface area contributed by atoms with Gasteiger partial charge in [0.15, 0.2) is 0 Å². The Labute approximate surface area is 65.2 Å². The highest BCUT2D eigenvalue weighted by Gasteiger charge is 1.95. The van der Waals surface area contributed by atoms with Gasteiger partial charge < -0.3 is 0 Å². The summed E-state index contributed by atoms with van der Waals surface area (Å²) in [5.74, 6) is 0. The summed E-state index contributed by atoms with van der Waals surface area (Å²) in [6.45, 7) is 2.25. The quantitative estimate of drug-likeness (QED) is 0.430. The van der Waals surface area contributed by atoms with E-state index in [-0.39, 0.29) is 0 Å². The van der Waals surface area contributed by atoms with Crippen molar-refractivity contribution < 1.29 is 0 Å². The maximum atomic E-state index is 2.34. The largest absolute Gasteiger partial charge is 0.0907 e. The second-order valence-electron chi connectivity index (χ2n) is 2.58. The zero-order valence-electron chi connectivity index (χ0n) is 6.56. The molecule has 0 fully saturated rings. The molecule has 1 aliphatic carbocycles. The minimum Gasteiger partial charge on any atom is -0.0907 e. The summed E-state index contributed by atoms with van der Waals surface area (Å²) in [6, 6.07) is 0. The van der Waals surface area contributed by atoms with Gasteiger partial charge in [-0.15, -0.1) is 0 Å². The minimum absolute atomic E-state index is 1.07. The van der Waals surface area contributed by atoms with Crippen molar-refractivity contribution in [2.24, 2.45) is 0 Å². The molecule has 0 saturated carbocycles. The Hall–Kier alpha value is -0.0900. The van der Waals surface area contributed by atoms with Crippen LogP contribution >= 0.6 is 8.58 Å². The van der Waals surface area contributed by atoms with Crippen molar-refractivity contribution in [3.63, 3.8) is 0 Å². The molecular formula is C9H15P. The molecule has 0 aromatic heterocycles. The van der Waals surface area contributed by atoms with Gasteiger partial charge in [-0.1, -0.05) is 40.2 Å². The standard InChI is InChI=1S/C9H15P/c1-2-3-8-10-9-6-4-5-7-9/h4,6-7,10H,2-3,5,8H2,1H3. The molecule has 1 heteroatoms. The lowest BCUT2D eigenvalue weighted by molar-refractivity contribution is 0.895. The first-order chi connectivity index (χ1) is 4.93. The van der Waals surface area contributed by atoms with E-state index in [1.54, 1.807) is 5.31 Å². The van der Waals surface area contributed by atoms with Crippen molar-refractivity contribution in [2.75, 3.05) is 6.16 Å². The van der Waals surface area contributed by atoms with Gasteiger partial charge in [0.25, 0.3) is 0 Å². The monoisotopic (exact) mass is 154 g/mol. The van der Waals surface area contributed by atoms with Crippen LogP contribution in [0.15, 0.2) is 23.5 Å². The Bertz CT molecular complexity index is 145. The van der Waals surface area contributed by atoms with Crippen LogP contribution in [0.4, 0.5) is 0 Å². The molecule has 10 heavy (non-hydrogen) atoms. The molecule has 0 heterocycles. The van der Waals surface area contributed by atoms with E-state index in [0.717, 1.165) is 8.58 Å². The number of rotatable bonds is 4. The van der Waals surface area contributed by atoms with E-state index in [9.17, 15) is 0 Å². The molecule has 0 nitrogen and oxygen atoms in total. The molecule has 0 saturated heterocycles. The molecular weight excluding hydrogens is 139 g/mol. The lowest BCUT2D eigenvalue weighted by Crippen LogP contribution is -1.73. The van der Waals surface area contributed by atoms with E-state index in [1.165, 1.54) is 25.4 Å². The van der Waals surface area contributed by atoms with Crippen LogP contribution < -0.4 is 0 Å². The molecule has 56 valence electrons. The highest BCUT2D eigenvalue weighted by molar-refractivity contribution is 7.43. The van der Waals surface area contributed by atoms with E-state index in [4.69, 9.17) is 0 Å². The highest BCUT2D eigenvalue weighted by Crippen LogP contribution is 2.29. The summed E-state index contributed by atoms with van der Waals surface area (Å²) in [6.07, 6.45) is 12.2. The molecule has 0 radical (unpaired) electrons. The van der Waals surface area contributed by atoms with Gasteiger partial charge >= 0.3 is 0 Å². The first kappa shape index (κ1) is 8.01. The number of unbranched alkanes of at least 4 members (excludes halogenated alkanes) is 1. The Morgan fingerprint density at radius 3 is 3.10 bits per heavy atom. The minimum atomic E-state index is 1.07. The Balaban J connectivity index is 2.08. The van der Waals surface area contributed by atoms with Crippen LogP contribution in [0.3, 0.4) is 0 Å². The third kappa shape index (κ3) is 2.66. The Morgan fingerprint density at radius 2 is 2.50 bits per heavy atom. The summed E-state index contributed by atoms with van der Waals surface area (Å²) in [7, 11) is 1.07. The van der Waals surface area contributed by atoms with Crippen LogP contribution in [0.25, 0.3) is 0 Å². The maximum absolute atomic E-state index is 2.34. The van der Waals surface area contributed by atoms with Gasteiger partial charge in [0.2, 0.25) is 0 Å². The summed E-state index contributed by atoms with van der Waals surface area (Å²) in [5.41, 5.74) is 0. The SMILES string of the molecule is CCCCPC1=CCC=C1. The Kier molecular flexibility index (Phi) is 3.75. The zero-order valence-corrected chi connectivity index (χ0v) is 7.56. The van der Waals surface area contributed by atoms with Gasteiger partial charge in [0.05, 0.1) is 0 Å². The fourth-order valence-corrected chi connectivity index (χ4v) is 2.32. The number of allylic oxidation sites excluding steroid dienone is 4. The molecule has 1 aliphatic rings. The van der Waals surface area contributed by atoms with Crippen LogP contribution in [-0.2, 0) is 0 Å². The predicted molar refractivity (Wildman–Crippen MR) is 49.9 cm³/mol. The fourth-order valence-electron chi connectivity index (χ4n) is 0.999. The number of hydrogen-bond acceptors (Lipinski definition) is 0. The molecule has 0 aromatic carbocycles. The topological polar surface area (TPSA) is 0 Å². The van der Waals surface area contributed by atoms with Gasteiger partial charge in [-0.25, -0.2) is 0 Å². The predicted octanol–water partition coefficient (Wildman–Crippen LogP) is 3.31. The third-order valence-electron chi connectivity index (χ3n) is 1.63. The van der Waals surface area contributed by atoms with Crippen LogP contribution in [0.5, 0.6) is 0 Å². The fraction of sp³-hybridized carbons (Fsp3) is 0.556. The normalized spacial score (nSPS) is 17.1. The van der Waals surface area contributed by atoms with Crippen LogP contribution in [-0.4, -0.2) is 6.16 Å². The van der Waals surface area contributed by atoms with Crippen LogP contribution in [0, 0.1) is 0 Å². The van der Waals surface area contributed by atoms with E-state index in [0.29, 0.717) is 0 Å². The van der Waals surface area contributed by atoms with Gasteiger partial charge in [0.1, 0.15) is 0 Å². The van der Waals surface area contributed by atoms with E-state index >= 15 is 0 Å². The lowest BCUT2D eigenvalue weighted by atomic mass is 10.4. The van der Waals surface area contributed by atoms with Crippen molar-refractivity contribution in [3.8, 4) is 0 Å². The molecule has 0 aliphatic heterocycles. The zero-order chi connectivity index (χ0) is 7.23. The molecule has 0 bridgehead atoms. The van der Waals surface area contributed by atoms with Crippen molar-refractivity contribution in [3.05, 3.63) is 23.5 Å². The molecule has 1 rings (SSSR count).